The maximum Gasteiger partial charge on any atom is 0.269 e. The van der Waals surface area contributed by atoms with Crippen molar-refractivity contribution in [2.24, 2.45) is 5.73 Å². The number of carbonyl (C=O) groups excluding carboxylic acids is 2. The van der Waals surface area contributed by atoms with E-state index in [9.17, 15) is 14.7 Å². The first kappa shape index (κ1) is 19.4. The summed E-state index contributed by atoms with van der Waals surface area (Å²) in [5, 5.41) is 12.0. The van der Waals surface area contributed by atoms with Crippen LogP contribution in [0.1, 0.15) is 28.7 Å². The molecule has 0 saturated carbocycles. The standard InChI is InChI=1S/C20H22N4O4/c1-13-9-15-6-7-16(28-11-14-5-3-4-8-22-14)10-24(15)17(13)18(26)23-20(2,12-25)19(21)27/h3-10,25H,11-12H2,1-2H3,(H2,21,27)(H,23,26). The Bertz CT molecular complexity index is 1020. The Balaban J connectivity index is 1.89. The molecule has 0 spiro atoms. The number of primary amides is 1. The van der Waals surface area contributed by atoms with Gasteiger partial charge in [0.05, 0.1) is 18.5 Å². The number of fused-ring (bicyclic) bond motifs is 1. The number of ether oxygens (including phenoxy) is 1. The Labute approximate surface area is 162 Å². The molecule has 0 aliphatic rings. The molecule has 0 aromatic carbocycles. The Morgan fingerprint density at radius 3 is 2.75 bits per heavy atom. The Morgan fingerprint density at radius 2 is 2.11 bits per heavy atom. The Hall–Kier alpha value is -3.39. The topological polar surface area (TPSA) is 119 Å². The Morgan fingerprint density at radius 1 is 1.32 bits per heavy atom. The molecule has 3 aromatic heterocycles. The van der Waals surface area contributed by atoms with Gasteiger partial charge in [-0.25, -0.2) is 0 Å². The summed E-state index contributed by atoms with van der Waals surface area (Å²) in [7, 11) is 0. The summed E-state index contributed by atoms with van der Waals surface area (Å²) in [4.78, 5) is 28.6. The van der Waals surface area contributed by atoms with Crippen LogP contribution in [0.2, 0.25) is 0 Å². The third-order valence-electron chi connectivity index (χ3n) is 4.51. The van der Waals surface area contributed by atoms with Crippen molar-refractivity contribution in [3.05, 3.63) is 65.7 Å². The number of rotatable bonds is 7. The van der Waals surface area contributed by atoms with Gasteiger partial charge in [0.1, 0.15) is 23.6 Å². The SMILES string of the molecule is Cc1cc2ccc(OCc3ccccn3)cn2c1C(=O)NC(C)(CO)C(N)=O. The van der Waals surface area contributed by atoms with E-state index in [0.29, 0.717) is 23.6 Å². The van der Waals surface area contributed by atoms with Gasteiger partial charge in [-0.2, -0.15) is 0 Å². The fourth-order valence-corrected chi connectivity index (χ4v) is 2.79. The predicted octanol–water partition coefficient (Wildman–Crippen LogP) is 1.19. The molecular weight excluding hydrogens is 360 g/mol. The van der Waals surface area contributed by atoms with Crippen molar-refractivity contribution in [3.63, 3.8) is 0 Å². The number of amides is 2. The van der Waals surface area contributed by atoms with Gasteiger partial charge in [0.2, 0.25) is 5.91 Å². The second-order valence-electron chi connectivity index (χ2n) is 6.75. The molecule has 0 fully saturated rings. The van der Waals surface area contributed by atoms with Gasteiger partial charge in [-0.3, -0.25) is 14.6 Å². The van der Waals surface area contributed by atoms with Crippen LogP contribution < -0.4 is 15.8 Å². The molecule has 0 aliphatic carbocycles. The molecule has 3 rings (SSSR count). The average molecular weight is 382 g/mol. The van der Waals surface area contributed by atoms with Crippen LogP contribution in [-0.2, 0) is 11.4 Å². The minimum absolute atomic E-state index is 0.290. The summed E-state index contributed by atoms with van der Waals surface area (Å²) < 4.78 is 7.45. The predicted molar refractivity (Wildman–Crippen MR) is 103 cm³/mol. The van der Waals surface area contributed by atoms with Crippen LogP contribution in [0.3, 0.4) is 0 Å². The monoisotopic (exact) mass is 382 g/mol. The molecule has 4 N–H and O–H groups in total. The highest BCUT2D eigenvalue weighted by atomic mass is 16.5. The second kappa shape index (κ2) is 7.69. The van der Waals surface area contributed by atoms with Crippen LogP contribution in [0, 0.1) is 6.92 Å². The average Bonchev–Trinajstić information content (AvgIpc) is 3.02. The number of hydrogen-bond donors (Lipinski definition) is 3. The van der Waals surface area contributed by atoms with Crippen molar-refractivity contribution in [1.29, 1.82) is 0 Å². The molecule has 146 valence electrons. The summed E-state index contributed by atoms with van der Waals surface area (Å²) in [5.41, 5.74) is 6.37. The fraction of sp³-hybridized carbons (Fsp3) is 0.250. The zero-order chi connectivity index (χ0) is 20.3. The highest BCUT2D eigenvalue weighted by molar-refractivity contribution is 5.99. The molecule has 0 radical (unpaired) electrons. The minimum Gasteiger partial charge on any atom is -0.486 e. The lowest BCUT2D eigenvalue weighted by molar-refractivity contribution is -0.124. The number of aliphatic hydroxyl groups is 1. The second-order valence-corrected chi connectivity index (χ2v) is 6.75. The van der Waals surface area contributed by atoms with Crippen LogP contribution in [0.25, 0.3) is 5.52 Å². The van der Waals surface area contributed by atoms with E-state index in [1.807, 2.05) is 30.3 Å². The van der Waals surface area contributed by atoms with Gasteiger partial charge < -0.3 is 25.3 Å². The molecule has 3 aromatic rings. The molecule has 3 heterocycles. The first-order chi connectivity index (χ1) is 13.3. The third kappa shape index (κ3) is 3.81. The van der Waals surface area contributed by atoms with Crippen LogP contribution in [0.4, 0.5) is 0 Å². The van der Waals surface area contributed by atoms with E-state index in [4.69, 9.17) is 10.5 Å². The van der Waals surface area contributed by atoms with Crippen LogP contribution in [0.5, 0.6) is 5.75 Å². The molecule has 0 aliphatic heterocycles. The molecule has 0 saturated heterocycles. The lowest BCUT2D eigenvalue weighted by Crippen LogP contribution is -2.58. The molecule has 28 heavy (non-hydrogen) atoms. The summed E-state index contributed by atoms with van der Waals surface area (Å²) >= 11 is 0. The van der Waals surface area contributed by atoms with E-state index in [2.05, 4.69) is 10.3 Å². The largest absolute Gasteiger partial charge is 0.486 e. The Kier molecular flexibility index (Phi) is 5.32. The zero-order valence-corrected chi connectivity index (χ0v) is 15.7. The number of nitrogens with one attached hydrogen (secondary N) is 1. The molecule has 0 bridgehead atoms. The van der Waals surface area contributed by atoms with Crippen molar-refractivity contribution in [2.75, 3.05) is 6.61 Å². The molecule has 1 atom stereocenters. The molecule has 8 heteroatoms. The van der Waals surface area contributed by atoms with Gasteiger partial charge in [0.25, 0.3) is 5.91 Å². The summed E-state index contributed by atoms with van der Waals surface area (Å²) in [6.45, 7) is 2.85. The van der Waals surface area contributed by atoms with E-state index in [1.54, 1.807) is 29.8 Å². The number of aromatic nitrogens is 2. The quantitative estimate of drug-likeness (QED) is 0.567. The van der Waals surface area contributed by atoms with E-state index < -0.39 is 24.0 Å². The minimum atomic E-state index is -1.55. The third-order valence-corrected chi connectivity index (χ3v) is 4.51. The lowest BCUT2D eigenvalue weighted by atomic mass is 10.0. The zero-order valence-electron chi connectivity index (χ0n) is 15.7. The van der Waals surface area contributed by atoms with Gasteiger partial charge in [-0.1, -0.05) is 6.07 Å². The maximum absolute atomic E-state index is 12.8. The highest BCUT2D eigenvalue weighted by Gasteiger charge is 2.33. The van der Waals surface area contributed by atoms with Gasteiger partial charge in [-0.05, 0) is 49.7 Å². The van der Waals surface area contributed by atoms with E-state index in [0.717, 1.165) is 11.2 Å². The number of carbonyl (C=O) groups is 2. The number of nitrogens with two attached hydrogens (primary N) is 1. The van der Waals surface area contributed by atoms with Crippen LogP contribution in [0.15, 0.2) is 48.8 Å². The van der Waals surface area contributed by atoms with E-state index in [1.165, 1.54) is 6.92 Å². The number of aryl methyl sites for hydroxylation is 1. The summed E-state index contributed by atoms with van der Waals surface area (Å²) in [6, 6.07) is 11.0. The molecule has 1 unspecified atom stereocenters. The van der Waals surface area contributed by atoms with Crippen molar-refractivity contribution in [2.45, 2.75) is 26.0 Å². The number of nitrogens with zero attached hydrogens (tertiary/aromatic N) is 2. The molecule has 8 nitrogen and oxygen atoms in total. The van der Waals surface area contributed by atoms with Gasteiger partial charge in [0, 0.05) is 11.7 Å². The van der Waals surface area contributed by atoms with Crippen molar-refractivity contribution in [3.8, 4) is 5.75 Å². The first-order valence-electron chi connectivity index (χ1n) is 8.72. The van der Waals surface area contributed by atoms with Gasteiger partial charge >= 0.3 is 0 Å². The number of aliphatic hydroxyl groups excluding tert-OH is 1. The molecule has 2 amide bonds. The van der Waals surface area contributed by atoms with Crippen molar-refractivity contribution < 1.29 is 19.4 Å². The summed E-state index contributed by atoms with van der Waals surface area (Å²) in [6.07, 6.45) is 3.39. The fourth-order valence-electron chi connectivity index (χ4n) is 2.79. The van der Waals surface area contributed by atoms with Crippen LogP contribution >= 0.6 is 0 Å². The maximum atomic E-state index is 12.8. The van der Waals surface area contributed by atoms with Gasteiger partial charge in [0.15, 0.2) is 0 Å². The number of hydrogen-bond acceptors (Lipinski definition) is 5. The first-order valence-corrected chi connectivity index (χ1v) is 8.72. The highest BCUT2D eigenvalue weighted by Crippen LogP contribution is 2.21. The van der Waals surface area contributed by atoms with Crippen molar-refractivity contribution >= 4 is 17.3 Å². The van der Waals surface area contributed by atoms with Crippen molar-refractivity contribution in [1.82, 2.24) is 14.7 Å². The van der Waals surface area contributed by atoms with Crippen LogP contribution in [-0.4, -0.2) is 38.5 Å². The molecular formula is C20H22N4O4. The van der Waals surface area contributed by atoms with E-state index >= 15 is 0 Å². The summed E-state index contributed by atoms with van der Waals surface area (Å²) in [5.74, 6) is -0.779. The van der Waals surface area contributed by atoms with E-state index in [-0.39, 0.29) is 0 Å². The van der Waals surface area contributed by atoms with Gasteiger partial charge in [-0.15, -0.1) is 0 Å². The smallest absolute Gasteiger partial charge is 0.269 e. The number of pyridine rings is 2. The normalized spacial score (nSPS) is 13.1. The lowest BCUT2D eigenvalue weighted by Gasteiger charge is -2.25.